The van der Waals surface area contributed by atoms with Crippen LogP contribution < -0.4 is 10.2 Å². The Bertz CT molecular complexity index is 787. The Morgan fingerprint density at radius 3 is 2.48 bits per heavy atom. The molecule has 142 valence electrons. The third-order valence-corrected chi connectivity index (χ3v) is 5.54. The lowest BCUT2D eigenvalue weighted by Crippen LogP contribution is -2.32. The number of carboxylic acids is 1. The van der Waals surface area contributed by atoms with E-state index < -0.39 is 5.97 Å². The summed E-state index contributed by atoms with van der Waals surface area (Å²) in [5.41, 5.74) is 0.933. The lowest BCUT2D eigenvalue weighted by atomic mass is 9.85. The molecule has 0 radical (unpaired) electrons. The Kier molecular flexibility index (Phi) is 4.70. The van der Waals surface area contributed by atoms with Crippen molar-refractivity contribution in [1.82, 2.24) is 0 Å². The number of carboxylic acid groups (broad SMARTS) is 1. The van der Waals surface area contributed by atoms with Crippen molar-refractivity contribution in [3.63, 3.8) is 0 Å². The van der Waals surface area contributed by atoms with Gasteiger partial charge in [-0.15, -0.1) is 0 Å². The minimum Gasteiger partial charge on any atom is -0.478 e. The average molecular weight is 370 g/mol. The van der Waals surface area contributed by atoms with E-state index in [0.717, 1.165) is 19.4 Å². The van der Waals surface area contributed by atoms with Gasteiger partial charge in [-0.25, -0.2) is 9.69 Å². The summed E-state index contributed by atoms with van der Waals surface area (Å²) in [6.07, 6.45) is 6.99. The second-order valence-corrected chi connectivity index (χ2v) is 7.22. The first kappa shape index (κ1) is 17.7. The Labute approximate surface area is 157 Å². The van der Waals surface area contributed by atoms with Gasteiger partial charge in [0.2, 0.25) is 11.8 Å². The maximum atomic E-state index is 12.9. The van der Waals surface area contributed by atoms with E-state index in [1.807, 2.05) is 12.2 Å². The van der Waals surface area contributed by atoms with Crippen LogP contribution in [-0.4, -0.2) is 42.1 Å². The lowest BCUT2D eigenvalue weighted by Gasteiger charge is -2.21. The summed E-state index contributed by atoms with van der Waals surface area (Å²) >= 11 is 0. The van der Waals surface area contributed by atoms with Crippen molar-refractivity contribution in [2.45, 2.75) is 31.8 Å². The predicted octanol–water partition coefficient (Wildman–Crippen LogP) is 2.43. The Morgan fingerprint density at radius 2 is 1.89 bits per heavy atom. The molecule has 1 aromatic carbocycles. The zero-order valence-corrected chi connectivity index (χ0v) is 14.9. The van der Waals surface area contributed by atoms with Gasteiger partial charge in [0.1, 0.15) is 0 Å². The highest BCUT2D eigenvalue weighted by Gasteiger charge is 2.48. The van der Waals surface area contributed by atoms with Crippen LogP contribution in [0.25, 0.3) is 0 Å². The van der Waals surface area contributed by atoms with E-state index in [-0.39, 0.29) is 35.3 Å². The first-order valence-corrected chi connectivity index (χ1v) is 9.32. The van der Waals surface area contributed by atoms with Gasteiger partial charge in [0.15, 0.2) is 0 Å². The van der Waals surface area contributed by atoms with Crippen LogP contribution in [0.2, 0.25) is 0 Å². The Balaban J connectivity index is 1.66. The number of imide groups is 1. The number of aromatic carboxylic acids is 1. The molecule has 2 aliphatic heterocycles. The van der Waals surface area contributed by atoms with E-state index in [2.05, 4.69) is 5.32 Å². The van der Waals surface area contributed by atoms with Crippen LogP contribution in [0.15, 0.2) is 30.4 Å². The topological polar surface area (TPSA) is 95.9 Å². The molecule has 2 amide bonds. The van der Waals surface area contributed by atoms with E-state index in [9.17, 15) is 19.5 Å². The van der Waals surface area contributed by atoms with Gasteiger partial charge >= 0.3 is 5.97 Å². The monoisotopic (exact) mass is 370 g/mol. The molecule has 2 fully saturated rings. The largest absolute Gasteiger partial charge is 0.478 e. The number of nitrogens with zero attached hydrogens (tertiary/aromatic N) is 1. The molecule has 7 heteroatoms. The summed E-state index contributed by atoms with van der Waals surface area (Å²) < 4.78 is 5.61. The van der Waals surface area contributed by atoms with Crippen LogP contribution in [0.1, 0.15) is 36.0 Å². The summed E-state index contributed by atoms with van der Waals surface area (Å²) in [5, 5.41) is 12.6. The van der Waals surface area contributed by atoms with Crippen LogP contribution in [0.4, 0.5) is 11.4 Å². The molecule has 2 saturated heterocycles. The number of rotatable bonds is 5. The van der Waals surface area contributed by atoms with Gasteiger partial charge in [0, 0.05) is 13.2 Å². The van der Waals surface area contributed by atoms with Crippen LogP contribution >= 0.6 is 0 Å². The average Bonchev–Trinajstić information content (AvgIpc) is 3.28. The standard InChI is InChI=1S/C20H22N2O5/c23-18-14-5-1-2-6-15(14)19(24)22(18)17-10-12(20(25)26)7-8-16(17)21-11-13-4-3-9-27-13/h1-2,7-8,10,13-15,21H,3-6,9,11H2,(H,25,26)/t13-,14+,15+/m0/s1. The van der Waals surface area contributed by atoms with Gasteiger partial charge in [0.05, 0.1) is 34.9 Å². The van der Waals surface area contributed by atoms with Crippen LogP contribution in [-0.2, 0) is 14.3 Å². The SMILES string of the molecule is O=C(O)c1ccc(NC[C@@H]2CCCO2)c(N2C(=O)[C@@H]3CC=CC[C@H]3C2=O)c1. The first-order valence-electron chi connectivity index (χ1n) is 9.32. The third-order valence-electron chi connectivity index (χ3n) is 5.54. The molecule has 0 aromatic heterocycles. The molecular formula is C20H22N2O5. The second-order valence-electron chi connectivity index (χ2n) is 7.22. The minimum absolute atomic E-state index is 0.0428. The number of anilines is 2. The number of benzene rings is 1. The number of amides is 2. The molecule has 2 heterocycles. The van der Waals surface area contributed by atoms with Crippen LogP contribution in [0, 0.1) is 11.8 Å². The quantitative estimate of drug-likeness (QED) is 0.610. The highest BCUT2D eigenvalue weighted by atomic mass is 16.5. The van der Waals surface area contributed by atoms with Crippen molar-refractivity contribution in [1.29, 1.82) is 0 Å². The maximum Gasteiger partial charge on any atom is 0.335 e. The van der Waals surface area contributed by atoms with Gasteiger partial charge in [-0.2, -0.15) is 0 Å². The molecule has 1 aliphatic carbocycles. The fourth-order valence-corrected chi connectivity index (χ4v) is 4.07. The number of allylic oxidation sites excluding steroid dienone is 2. The molecule has 2 N–H and O–H groups in total. The van der Waals surface area contributed by atoms with Crippen LogP contribution in [0.3, 0.4) is 0 Å². The molecule has 7 nitrogen and oxygen atoms in total. The van der Waals surface area contributed by atoms with Gasteiger partial charge in [-0.3, -0.25) is 9.59 Å². The zero-order valence-electron chi connectivity index (χ0n) is 14.9. The van der Waals surface area contributed by atoms with E-state index in [1.54, 1.807) is 6.07 Å². The molecule has 3 aliphatic rings. The van der Waals surface area contributed by atoms with Crippen molar-refractivity contribution < 1.29 is 24.2 Å². The first-order chi connectivity index (χ1) is 13.1. The fourth-order valence-electron chi connectivity index (χ4n) is 4.07. The number of hydrogen-bond donors (Lipinski definition) is 2. The van der Waals surface area contributed by atoms with Crippen molar-refractivity contribution in [2.24, 2.45) is 11.8 Å². The minimum atomic E-state index is -1.10. The van der Waals surface area contributed by atoms with Crippen molar-refractivity contribution in [3.05, 3.63) is 35.9 Å². The molecule has 0 unspecified atom stereocenters. The van der Waals surface area contributed by atoms with Gasteiger partial charge < -0.3 is 15.2 Å². The molecule has 0 bridgehead atoms. The molecule has 4 rings (SSSR count). The molecule has 0 saturated carbocycles. The number of carbonyl (C=O) groups excluding carboxylic acids is 2. The van der Waals surface area contributed by atoms with E-state index in [4.69, 9.17) is 4.74 Å². The Morgan fingerprint density at radius 1 is 1.19 bits per heavy atom. The summed E-state index contributed by atoms with van der Waals surface area (Å²) in [4.78, 5) is 38.4. The predicted molar refractivity (Wildman–Crippen MR) is 98.7 cm³/mol. The normalized spacial score (nSPS) is 27.1. The van der Waals surface area contributed by atoms with Gasteiger partial charge in [-0.05, 0) is 43.9 Å². The third kappa shape index (κ3) is 3.23. The smallest absolute Gasteiger partial charge is 0.335 e. The molecule has 1 aromatic rings. The van der Waals surface area contributed by atoms with E-state index >= 15 is 0 Å². The van der Waals surface area contributed by atoms with Crippen molar-refractivity contribution in [2.75, 3.05) is 23.4 Å². The second kappa shape index (κ2) is 7.15. The van der Waals surface area contributed by atoms with E-state index in [1.165, 1.54) is 17.0 Å². The molecule has 0 spiro atoms. The van der Waals surface area contributed by atoms with Crippen LogP contribution in [0.5, 0.6) is 0 Å². The van der Waals surface area contributed by atoms with Gasteiger partial charge in [0.25, 0.3) is 0 Å². The number of hydrogen-bond acceptors (Lipinski definition) is 5. The maximum absolute atomic E-state index is 12.9. The molecular weight excluding hydrogens is 348 g/mol. The highest BCUT2D eigenvalue weighted by molar-refractivity contribution is 6.23. The van der Waals surface area contributed by atoms with Crippen molar-refractivity contribution >= 4 is 29.2 Å². The lowest BCUT2D eigenvalue weighted by molar-refractivity contribution is -0.122. The number of carbonyl (C=O) groups is 3. The summed E-state index contributed by atoms with van der Waals surface area (Å²) in [6, 6.07) is 4.50. The highest BCUT2D eigenvalue weighted by Crippen LogP contribution is 2.40. The summed E-state index contributed by atoms with van der Waals surface area (Å²) in [6.45, 7) is 1.28. The zero-order chi connectivity index (χ0) is 19.0. The molecule has 3 atom stereocenters. The Hall–Kier alpha value is -2.67. The fraction of sp³-hybridized carbons (Fsp3) is 0.450. The number of fused-ring (bicyclic) bond motifs is 1. The molecule has 27 heavy (non-hydrogen) atoms. The summed E-state index contributed by atoms with van der Waals surface area (Å²) in [5.74, 6) is -2.32. The number of ether oxygens (including phenoxy) is 1. The van der Waals surface area contributed by atoms with Gasteiger partial charge in [-0.1, -0.05) is 12.2 Å². The number of nitrogens with one attached hydrogen (secondary N) is 1. The van der Waals surface area contributed by atoms with E-state index in [0.29, 0.717) is 30.8 Å². The summed E-state index contributed by atoms with van der Waals surface area (Å²) in [7, 11) is 0. The van der Waals surface area contributed by atoms with Crippen molar-refractivity contribution in [3.8, 4) is 0 Å².